The van der Waals surface area contributed by atoms with Crippen LogP contribution in [0.25, 0.3) is 11.0 Å². The zero-order valence-corrected chi connectivity index (χ0v) is 17.6. The second kappa shape index (κ2) is 7.77. The lowest BCUT2D eigenvalue weighted by molar-refractivity contribution is 0.102. The second-order valence-electron chi connectivity index (χ2n) is 7.21. The normalized spacial score (nSPS) is 11.4. The molecule has 0 saturated carbocycles. The van der Waals surface area contributed by atoms with Gasteiger partial charge in [0.15, 0.2) is 0 Å². The minimum absolute atomic E-state index is 0.0418. The Labute approximate surface area is 178 Å². The van der Waals surface area contributed by atoms with E-state index in [1.165, 1.54) is 24.3 Å². The first-order chi connectivity index (χ1) is 14.7. The van der Waals surface area contributed by atoms with Crippen LogP contribution in [0.15, 0.2) is 70.4 Å². The molecule has 1 heterocycles. The fourth-order valence-electron chi connectivity index (χ4n) is 3.30. The number of anilines is 2. The number of aromatic nitrogens is 2. The molecule has 9 heteroatoms. The van der Waals surface area contributed by atoms with Crippen LogP contribution >= 0.6 is 0 Å². The van der Waals surface area contributed by atoms with E-state index < -0.39 is 21.6 Å². The van der Waals surface area contributed by atoms with Crippen LogP contribution in [0.5, 0.6) is 0 Å². The average molecular weight is 436 g/mol. The standard InChI is InChI=1S/C22H20N4O4S/c1-13-7-9-17(14(2)11-13)23-21(27)16-5-3-4-6-18(16)26-31(29,30)15-8-10-19-20(12-15)25-22(28)24-19/h3-12,26H,1-2H3,(H,23,27)(H2,24,25,28). The van der Waals surface area contributed by atoms with Crippen molar-refractivity contribution in [3.05, 3.63) is 87.8 Å². The van der Waals surface area contributed by atoms with Crippen molar-refractivity contribution >= 4 is 38.3 Å². The van der Waals surface area contributed by atoms with Crippen LogP contribution in [-0.4, -0.2) is 24.3 Å². The molecule has 0 saturated heterocycles. The maximum absolute atomic E-state index is 12.9. The van der Waals surface area contributed by atoms with Crippen molar-refractivity contribution in [2.75, 3.05) is 10.0 Å². The molecule has 0 unspecified atom stereocenters. The topological polar surface area (TPSA) is 124 Å². The lowest BCUT2D eigenvalue weighted by Crippen LogP contribution is -2.19. The number of hydrogen-bond acceptors (Lipinski definition) is 4. The maximum atomic E-state index is 12.9. The molecule has 0 atom stereocenters. The molecular weight excluding hydrogens is 416 g/mol. The number of rotatable bonds is 5. The van der Waals surface area contributed by atoms with Crippen molar-refractivity contribution in [1.82, 2.24) is 9.97 Å². The number of H-pyrrole nitrogens is 2. The van der Waals surface area contributed by atoms with Gasteiger partial charge < -0.3 is 15.3 Å². The van der Waals surface area contributed by atoms with Crippen molar-refractivity contribution in [3.63, 3.8) is 0 Å². The van der Waals surface area contributed by atoms with Gasteiger partial charge in [-0.05, 0) is 55.8 Å². The van der Waals surface area contributed by atoms with Crippen molar-refractivity contribution in [2.24, 2.45) is 0 Å². The minimum Gasteiger partial charge on any atom is -0.322 e. The minimum atomic E-state index is -4.00. The molecule has 1 aromatic heterocycles. The van der Waals surface area contributed by atoms with Crippen molar-refractivity contribution in [3.8, 4) is 0 Å². The van der Waals surface area contributed by atoms with Gasteiger partial charge >= 0.3 is 5.69 Å². The number of carbonyl (C=O) groups excluding carboxylic acids is 1. The van der Waals surface area contributed by atoms with Gasteiger partial charge in [0.25, 0.3) is 15.9 Å². The number of aromatic amines is 2. The molecule has 4 aromatic rings. The van der Waals surface area contributed by atoms with Crippen LogP contribution in [0.4, 0.5) is 11.4 Å². The number of imidazole rings is 1. The molecule has 0 aliphatic carbocycles. The zero-order chi connectivity index (χ0) is 22.2. The van der Waals surface area contributed by atoms with Crippen molar-refractivity contribution in [1.29, 1.82) is 0 Å². The van der Waals surface area contributed by atoms with Crippen LogP contribution in [0.3, 0.4) is 0 Å². The van der Waals surface area contributed by atoms with Gasteiger partial charge in [-0.25, -0.2) is 13.2 Å². The molecule has 0 radical (unpaired) electrons. The zero-order valence-electron chi connectivity index (χ0n) is 16.8. The van der Waals surface area contributed by atoms with E-state index in [0.29, 0.717) is 16.7 Å². The highest BCUT2D eigenvalue weighted by Gasteiger charge is 2.20. The molecule has 3 aromatic carbocycles. The quantitative estimate of drug-likeness (QED) is 0.382. The van der Waals surface area contributed by atoms with E-state index >= 15 is 0 Å². The SMILES string of the molecule is Cc1ccc(NC(=O)c2ccccc2NS(=O)(=O)c2ccc3[nH]c(=O)[nH]c3c2)c(C)c1. The van der Waals surface area contributed by atoms with E-state index in [1.807, 2.05) is 32.0 Å². The van der Waals surface area contributed by atoms with Gasteiger partial charge in [0.05, 0.1) is 27.2 Å². The number of fused-ring (bicyclic) bond motifs is 1. The fourth-order valence-corrected chi connectivity index (χ4v) is 4.40. The van der Waals surface area contributed by atoms with Crippen LogP contribution in [0.2, 0.25) is 0 Å². The van der Waals surface area contributed by atoms with E-state index in [-0.39, 0.29) is 16.1 Å². The molecular formula is C22H20N4O4S. The average Bonchev–Trinajstić information content (AvgIpc) is 3.09. The predicted molar refractivity (Wildman–Crippen MR) is 120 cm³/mol. The molecule has 1 amide bonds. The molecule has 0 aliphatic rings. The second-order valence-corrected chi connectivity index (χ2v) is 8.89. The molecule has 0 fully saturated rings. The van der Waals surface area contributed by atoms with E-state index in [2.05, 4.69) is 20.0 Å². The summed E-state index contributed by atoms with van der Waals surface area (Å²) in [6, 6.07) is 16.2. The number of hydrogen-bond donors (Lipinski definition) is 4. The van der Waals surface area contributed by atoms with Gasteiger partial charge in [-0.2, -0.15) is 0 Å². The monoisotopic (exact) mass is 436 g/mol. The Bertz CT molecular complexity index is 1470. The lowest BCUT2D eigenvalue weighted by atomic mass is 10.1. The first-order valence-corrected chi connectivity index (χ1v) is 10.9. The Hall–Kier alpha value is -3.85. The third-order valence-corrected chi connectivity index (χ3v) is 6.21. The van der Waals surface area contributed by atoms with Gasteiger partial charge in [0, 0.05) is 5.69 Å². The Morgan fingerprint density at radius 2 is 1.61 bits per heavy atom. The number of nitrogens with one attached hydrogen (secondary N) is 4. The third-order valence-electron chi connectivity index (χ3n) is 4.84. The fraction of sp³-hybridized carbons (Fsp3) is 0.0909. The highest BCUT2D eigenvalue weighted by Crippen LogP contribution is 2.24. The first kappa shape index (κ1) is 20.4. The summed E-state index contributed by atoms with van der Waals surface area (Å²) in [7, 11) is -4.00. The summed E-state index contributed by atoms with van der Waals surface area (Å²) in [5, 5.41) is 2.83. The number of sulfonamides is 1. The highest BCUT2D eigenvalue weighted by atomic mass is 32.2. The summed E-state index contributed by atoms with van der Waals surface area (Å²) in [6.07, 6.45) is 0. The van der Waals surface area contributed by atoms with Gasteiger partial charge in [-0.3, -0.25) is 9.52 Å². The maximum Gasteiger partial charge on any atom is 0.323 e. The number of carbonyl (C=O) groups is 1. The number of para-hydroxylation sites is 1. The van der Waals surface area contributed by atoms with E-state index in [0.717, 1.165) is 11.1 Å². The molecule has 31 heavy (non-hydrogen) atoms. The number of benzene rings is 3. The van der Waals surface area contributed by atoms with Gasteiger partial charge in [0.2, 0.25) is 0 Å². The van der Waals surface area contributed by atoms with Gasteiger partial charge in [0.1, 0.15) is 0 Å². The summed E-state index contributed by atoms with van der Waals surface area (Å²) >= 11 is 0. The Morgan fingerprint density at radius 1 is 0.871 bits per heavy atom. The summed E-state index contributed by atoms with van der Waals surface area (Å²) in [5.74, 6) is -0.435. The largest absolute Gasteiger partial charge is 0.323 e. The molecule has 0 aliphatic heterocycles. The third kappa shape index (κ3) is 4.22. The van der Waals surface area contributed by atoms with Gasteiger partial charge in [-0.1, -0.05) is 29.8 Å². The summed E-state index contributed by atoms with van der Waals surface area (Å²) in [6.45, 7) is 3.85. The molecule has 4 rings (SSSR count). The van der Waals surface area contributed by atoms with Crippen LogP contribution in [-0.2, 0) is 10.0 Å². The molecule has 0 spiro atoms. The number of aryl methyl sites for hydroxylation is 2. The van der Waals surface area contributed by atoms with Crippen molar-refractivity contribution in [2.45, 2.75) is 18.7 Å². The predicted octanol–water partition coefficient (Wildman–Crippen LogP) is 3.53. The van der Waals surface area contributed by atoms with Crippen LogP contribution < -0.4 is 15.7 Å². The van der Waals surface area contributed by atoms with E-state index in [9.17, 15) is 18.0 Å². The summed E-state index contributed by atoms with van der Waals surface area (Å²) < 4.78 is 28.3. The van der Waals surface area contributed by atoms with Crippen LogP contribution in [0, 0.1) is 13.8 Å². The highest BCUT2D eigenvalue weighted by molar-refractivity contribution is 7.92. The summed E-state index contributed by atoms with van der Waals surface area (Å²) in [5.41, 5.74) is 3.39. The molecule has 158 valence electrons. The van der Waals surface area contributed by atoms with E-state index in [1.54, 1.807) is 18.2 Å². The Morgan fingerprint density at radius 3 is 2.39 bits per heavy atom. The molecule has 4 N–H and O–H groups in total. The van der Waals surface area contributed by atoms with Crippen LogP contribution in [0.1, 0.15) is 21.5 Å². The number of amides is 1. The first-order valence-electron chi connectivity index (χ1n) is 9.45. The lowest BCUT2D eigenvalue weighted by Gasteiger charge is -2.14. The molecule has 0 bridgehead atoms. The van der Waals surface area contributed by atoms with Crippen molar-refractivity contribution < 1.29 is 13.2 Å². The molecule has 8 nitrogen and oxygen atoms in total. The summed E-state index contributed by atoms with van der Waals surface area (Å²) in [4.78, 5) is 29.4. The van der Waals surface area contributed by atoms with E-state index in [4.69, 9.17) is 0 Å². The Balaban J connectivity index is 1.64. The Kier molecular flexibility index (Phi) is 5.12. The smallest absolute Gasteiger partial charge is 0.322 e. The van der Waals surface area contributed by atoms with Gasteiger partial charge in [-0.15, -0.1) is 0 Å².